The van der Waals surface area contributed by atoms with Crippen LogP contribution >= 0.6 is 0 Å². The van der Waals surface area contributed by atoms with E-state index in [2.05, 4.69) is 20.5 Å². The van der Waals surface area contributed by atoms with Crippen molar-refractivity contribution in [3.05, 3.63) is 23.8 Å². The Morgan fingerprint density at radius 1 is 1.19 bits per heavy atom. The van der Waals surface area contributed by atoms with Gasteiger partial charge in [0.15, 0.2) is 17.5 Å². The summed E-state index contributed by atoms with van der Waals surface area (Å²) in [6, 6.07) is 5.96. The topological polar surface area (TPSA) is 75.2 Å². The van der Waals surface area contributed by atoms with E-state index in [1.54, 1.807) is 14.2 Å². The van der Waals surface area contributed by atoms with E-state index < -0.39 is 0 Å². The third kappa shape index (κ3) is 7.76. The Bertz CT molecular complexity index is 617. The van der Waals surface area contributed by atoms with Crippen LogP contribution in [0.15, 0.2) is 23.2 Å². The van der Waals surface area contributed by atoms with Crippen molar-refractivity contribution in [3.63, 3.8) is 0 Å². The van der Waals surface area contributed by atoms with E-state index >= 15 is 0 Å². The highest BCUT2D eigenvalue weighted by Gasteiger charge is 2.09. The van der Waals surface area contributed by atoms with Gasteiger partial charge < -0.3 is 25.0 Å². The van der Waals surface area contributed by atoms with Crippen LogP contribution in [0, 0.1) is 5.92 Å². The molecule has 1 rings (SSSR count). The maximum Gasteiger partial charge on any atom is 0.222 e. The summed E-state index contributed by atoms with van der Waals surface area (Å²) in [6.45, 7) is 8.47. The fraction of sp³-hybridized carbons (Fsp3) is 0.600. The molecule has 0 aliphatic rings. The lowest BCUT2D eigenvalue weighted by Crippen LogP contribution is -2.40. The van der Waals surface area contributed by atoms with Crippen LogP contribution in [-0.2, 0) is 11.2 Å². The van der Waals surface area contributed by atoms with E-state index in [-0.39, 0.29) is 11.8 Å². The van der Waals surface area contributed by atoms with E-state index in [0.717, 1.165) is 37.0 Å². The van der Waals surface area contributed by atoms with Crippen LogP contribution in [0.2, 0.25) is 0 Å². The molecule has 1 amide bonds. The quantitative estimate of drug-likeness (QED) is 0.370. The lowest BCUT2D eigenvalue weighted by Gasteiger charge is -2.22. The maximum atomic E-state index is 11.6. The lowest BCUT2D eigenvalue weighted by molar-refractivity contribution is -0.123. The summed E-state index contributed by atoms with van der Waals surface area (Å²) in [5.41, 5.74) is 1.17. The van der Waals surface area contributed by atoms with E-state index in [1.807, 2.05) is 46.0 Å². The van der Waals surface area contributed by atoms with Crippen LogP contribution in [0.1, 0.15) is 26.3 Å². The number of methoxy groups -OCH3 is 2. The van der Waals surface area contributed by atoms with Gasteiger partial charge in [0.05, 0.1) is 20.8 Å². The highest BCUT2D eigenvalue weighted by molar-refractivity contribution is 5.80. The monoisotopic (exact) mass is 378 g/mol. The first-order chi connectivity index (χ1) is 12.9. The minimum Gasteiger partial charge on any atom is -0.493 e. The minimum atomic E-state index is -0.00798. The maximum absolute atomic E-state index is 11.6. The molecule has 1 aromatic rings. The molecule has 7 nitrogen and oxygen atoms in total. The number of rotatable bonds is 10. The Hall–Kier alpha value is -2.44. The number of aliphatic imine (C=N–C) groups is 1. The van der Waals surface area contributed by atoms with Gasteiger partial charge in [0, 0.05) is 32.6 Å². The minimum absolute atomic E-state index is 0.00798. The second-order valence-corrected chi connectivity index (χ2v) is 6.54. The number of nitrogens with zero attached hydrogens (tertiary/aromatic N) is 2. The second-order valence-electron chi connectivity index (χ2n) is 6.54. The van der Waals surface area contributed by atoms with Crippen molar-refractivity contribution in [2.45, 2.75) is 27.2 Å². The molecule has 0 saturated carbocycles. The van der Waals surface area contributed by atoms with Gasteiger partial charge in [-0.25, -0.2) is 0 Å². The van der Waals surface area contributed by atoms with Gasteiger partial charge in [-0.15, -0.1) is 0 Å². The van der Waals surface area contributed by atoms with Gasteiger partial charge in [0.25, 0.3) is 0 Å². The Morgan fingerprint density at radius 2 is 1.89 bits per heavy atom. The van der Waals surface area contributed by atoms with E-state index in [9.17, 15) is 4.79 Å². The zero-order chi connectivity index (χ0) is 20.2. The number of likely N-dealkylation sites (N-methyl/N-ethyl adjacent to an activating group) is 1. The van der Waals surface area contributed by atoms with E-state index in [0.29, 0.717) is 13.1 Å². The van der Waals surface area contributed by atoms with Gasteiger partial charge in [0.2, 0.25) is 5.91 Å². The van der Waals surface area contributed by atoms with Crippen LogP contribution in [0.3, 0.4) is 0 Å². The molecule has 0 heterocycles. The summed E-state index contributed by atoms with van der Waals surface area (Å²) in [6.07, 6.45) is 0.853. The molecule has 0 saturated heterocycles. The third-order valence-electron chi connectivity index (χ3n) is 4.08. The SMILES string of the molecule is CCNC(=NCCNC(=O)C(C)C)N(C)CCc1ccc(OC)c(OC)c1. The smallest absolute Gasteiger partial charge is 0.222 e. The average molecular weight is 379 g/mol. The van der Waals surface area contributed by atoms with Crippen molar-refractivity contribution in [1.29, 1.82) is 0 Å². The van der Waals surface area contributed by atoms with Gasteiger partial charge in [-0.3, -0.25) is 9.79 Å². The average Bonchev–Trinajstić information content (AvgIpc) is 2.67. The van der Waals surface area contributed by atoms with Crippen molar-refractivity contribution in [2.24, 2.45) is 10.9 Å². The van der Waals surface area contributed by atoms with Crippen LogP contribution < -0.4 is 20.1 Å². The zero-order valence-corrected chi connectivity index (χ0v) is 17.5. The van der Waals surface area contributed by atoms with E-state index in [4.69, 9.17) is 9.47 Å². The normalized spacial score (nSPS) is 11.3. The molecule has 0 unspecified atom stereocenters. The summed E-state index contributed by atoms with van der Waals surface area (Å²) in [7, 11) is 5.28. The molecule has 152 valence electrons. The number of carbonyl (C=O) groups excluding carboxylic acids is 1. The van der Waals surface area contributed by atoms with Gasteiger partial charge in [-0.05, 0) is 31.0 Å². The predicted molar refractivity (Wildman–Crippen MR) is 110 cm³/mol. The molecule has 0 aliphatic carbocycles. The Labute approximate surface area is 163 Å². The van der Waals surface area contributed by atoms with Gasteiger partial charge in [-0.1, -0.05) is 19.9 Å². The van der Waals surface area contributed by atoms with Crippen molar-refractivity contribution in [2.75, 3.05) is 47.4 Å². The second kappa shape index (κ2) is 12.0. The molecule has 7 heteroatoms. The predicted octanol–water partition coefficient (Wildman–Crippen LogP) is 1.92. The summed E-state index contributed by atoms with van der Waals surface area (Å²) in [5.74, 6) is 2.34. The van der Waals surface area contributed by atoms with Gasteiger partial charge >= 0.3 is 0 Å². The number of benzene rings is 1. The number of amides is 1. The van der Waals surface area contributed by atoms with Crippen molar-refractivity contribution in [1.82, 2.24) is 15.5 Å². The molecule has 0 spiro atoms. The molecule has 0 aromatic heterocycles. The molecule has 0 fully saturated rings. The largest absolute Gasteiger partial charge is 0.493 e. The number of ether oxygens (including phenoxy) is 2. The Morgan fingerprint density at radius 3 is 2.48 bits per heavy atom. The number of nitrogens with one attached hydrogen (secondary N) is 2. The molecular weight excluding hydrogens is 344 g/mol. The first-order valence-electron chi connectivity index (χ1n) is 9.40. The highest BCUT2D eigenvalue weighted by atomic mass is 16.5. The number of guanidine groups is 1. The van der Waals surface area contributed by atoms with Crippen molar-refractivity contribution < 1.29 is 14.3 Å². The van der Waals surface area contributed by atoms with Gasteiger partial charge in [0.1, 0.15) is 0 Å². The molecule has 1 aromatic carbocycles. The molecule has 0 radical (unpaired) electrons. The highest BCUT2D eigenvalue weighted by Crippen LogP contribution is 2.27. The molecular formula is C20H34N4O3. The summed E-state index contributed by atoms with van der Waals surface area (Å²) < 4.78 is 10.6. The Kier molecular flexibility index (Phi) is 10.1. The summed E-state index contributed by atoms with van der Waals surface area (Å²) in [4.78, 5) is 18.3. The fourth-order valence-electron chi connectivity index (χ4n) is 2.45. The first kappa shape index (κ1) is 22.6. The van der Waals surface area contributed by atoms with Crippen LogP contribution in [0.4, 0.5) is 0 Å². The van der Waals surface area contributed by atoms with Crippen molar-refractivity contribution >= 4 is 11.9 Å². The number of hydrogen-bond donors (Lipinski definition) is 2. The molecule has 27 heavy (non-hydrogen) atoms. The van der Waals surface area contributed by atoms with Crippen LogP contribution in [0.25, 0.3) is 0 Å². The third-order valence-corrected chi connectivity index (χ3v) is 4.08. The lowest BCUT2D eigenvalue weighted by atomic mass is 10.1. The van der Waals surface area contributed by atoms with Crippen molar-refractivity contribution in [3.8, 4) is 11.5 Å². The Balaban J connectivity index is 2.60. The molecule has 0 aliphatic heterocycles. The van der Waals surface area contributed by atoms with Gasteiger partial charge in [-0.2, -0.15) is 0 Å². The molecule has 0 bridgehead atoms. The van der Waals surface area contributed by atoms with Crippen LogP contribution in [-0.4, -0.2) is 64.2 Å². The molecule has 2 N–H and O–H groups in total. The molecule has 0 atom stereocenters. The number of hydrogen-bond acceptors (Lipinski definition) is 4. The summed E-state index contributed by atoms with van der Waals surface area (Å²) >= 11 is 0. The number of carbonyl (C=O) groups is 1. The zero-order valence-electron chi connectivity index (χ0n) is 17.5. The van der Waals surface area contributed by atoms with Crippen LogP contribution in [0.5, 0.6) is 11.5 Å². The standard InChI is InChI=1S/C20H34N4O3/c1-7-21-20(23-12-11-22-19(25)15(2)3)24(4)13-10-16-8-9-17(26-5)18(14-16)27-6/h8-9,14-15H,7,10-13H2,1-6H3,(H,21,23)(H,22,25). The summed E-state index contributed by atoms with van der Waals surface area (Å²) in [5, 5.41) is 6.17. The fourth-order valence-corrected chi connectivity index (χ4v) is 2.45. The van der Waals surface area contributed by atoms with E-state index in [1.165, 1.54) is 5.56 Å². The first-order valence-corrected chi connectivity index (χ1v) is 9.40.